The molecule has 3 heteroatoms. The Bertz CT molecular complexity index is 291. The molecule has 0 aromatic heterocycles. The van der Waals surface area contributed by atoms with E-state index in [-0.39, 0.29) is 5.92 Å². The minimum Gasteiger partial charge on any atom is -0.381 e. The third-order valence-electron chi connectivity index (χ3n) is 4.97. The van der Waals surface area contributed by atoms with Crippen molar-refractivity contribution in [1.82, 2.24) is 4.90 Å². The molecule has 0 N–H and O–H groups in total. The predicted octanol–water partition coefficient (Wildman–Crippen LogP) is 2.21. The van der Waals surface area contributed by atoms with Gasteiger partial charge in [0, 0.05) is 32.2 Å². The number of hydrogen-bond acceptors (Lipinski definition) is 2. The van der Waals surface area contributed by atoms with Gasteiger partial charge in [-0.3, -0.25) is 4.79 Å². The van der Waals surface area contributed by atoms with Gasteiger partial charge in [-0.25, -0.2) is 0 Å². The number of likely N-dealkylation sites (tertiary alicyclic amines) is 1. The van der Waals surface area contributed by atoms with Gasteiger partial charge in [0.15, 0.2) is 0 Å². The molecule has 0 bridgehead atoms. The molecule has 3 nitrogen and oxygen atoms in total. The number of nitrogens with zero attached hydrogens (tertiary/aromatic N) is 1. The Kier molecular flexibility index (Phi) is 3.12. The average molecular weight is 237 g/mol. The van der Waals surface area contributed by atoms with Crippen LogP contribution in [0.1, 0.15) is 44.9 Å². The number of amides is 1. The molecule has 3 rings (SSSR count). The van der Waals surface area contributed by atoms with Gasteiger partial charge in [0.25, 0.3) is 0 Å². The van der Waals surface area contributed by atoms with E-state index < -0.39 is 0 Å². The Morgan fingerprint density at radius 2 is 2.00 bits per heavy atom. The van der Waals surface area contributed by atoms with Gasteiger partial charge < -0.3 is 9.64 Å². The number of carbonyl (C=O) groups is 1. The first-order valence-corrected chi connectivity index (χ1v) is 7.16. The fraction of sp³-hybridized carbons (Fsp3) is 0.929. The molecule has 1 amide bonds. The molecule has 0 aromatic carbocycles. The Morgan fingerprint density at radius 1 is 1.12 bits per heavy atom. The van der Waals surface area contributed by atoms with Crippen LogP contribution in [0.4, 0.5) is 0 Å². The molecular formula is C14H23NO2. The first-order valence-electron chi connectivity index (χ1n) is 7.16. The monoisotopic (exact) mass is 237 g/mol. The summed E-state index contributed by atoms with van der Waals surface area (Å²) < 4.78 is 5.44. The highest BCUT2D eigenvalue weighted by Gasteiger charge is 2.44. The van der Waals surface area contributed by atoms with Crippen LogP contribution < -0.4 is 0 Å². The van der Waals surface area contributed by atoms with Crippen molar-refractivity contribution in [1.29, 1.82) is 0 Å². The van der Waals surface area contributed by atoms with Gasteiger partial charge in [0.2, 0.25) is 5.91 Å². The molecule has 17 heavy (non-hydrogen) atoms. The Hall–Kier alpha value is -0.570. The fourth-order valence-corrected chi connectivity index (χ4v) is 3.62. The third-order valence-corrected chi connectivity index (χ3v) is 4.97. The summed E-state index contributed by atoms with van der Waals surface area (Å²) >= 11 is 0. The SMILES string of the molecule is O=C(C1CCCOCC1)N1CCC2(CCC2)C1. The van der Waals surface area contributed by atoms with E-state index in [2.05, 4.69) is 4.90 Å². The second-order valence-corrected chi connectivity index (χ2v) is 6.10. The van der Waals surface area contributed by atoms with Crippen LogP contribution in [0.2, 0.25) is 0 Å². The Labute approximate surface area is 104 Å². The molecular weight excluding hydrogens is 214 g/mol. The van der Waals surface area contributed by atoms with E-state index in [1.807, 2.05) is 0 Å². The molecule has 1 aliphatic carbocycles. The van der Waals surface area contributed by atoms with Crippen LogP contribution in [0.15, 0.2) is 0 Å². The van der Waals surface area contributed by atoms with Crippen LogP contribution in [-0.4, -0.2) is 37.1 Å². The largest absolute Gasteiger partial charge is 0.381 e. The smallest absolute Gasteiger partial charge is 0.225 e. The van der Waals surface area contributed by atoms with Crippen molar-refractivity contribution in [2.45, 2.75) is 44.9 Å². The molecule has 0 radical (unpaired) electrons. The van der Waals surface area contributed by atoms with E-state index in [0.717, 1.165) is 45.6 Å². The molecule has 3 fully saturated rings. The summed E-state index contributed by atoms with van der Waals surface area (Å²) in [5, 5.41) is 0. The second kappa shape index (κ2) is 4.60. The summed E-state index contributed by atoms with van der Waals surface area (Å²) in [5.41, 5.74) is 0.539. The van der Waals surface area contributed by atoms with E-state index in [0.29, 0.717) is 11.3 Å². The number of ether oxygens (including phenoxy) is 1. The molecule has 96 valence electrons. The molecule has 1 saturated carbocycles. The van der Waals surface area contributed by atoms with Gasteiger partial charge in [-0.1, -0.05) is 6.42 Å². The van der Waals surface area contributed by atoms with Crippen molar-refractivity contribution in [2.75, 3.05) is 26.3 Å². The van der Waals surface area contributed by atoms with Crippen LogP contribution in [0.25, 0.3) is 0 Å². The van der Waals surface area contributed by atoms with Gasteiger partial charge >= 0.3 is 0 Å². The minimum atomic E-state index is 0.243. The summed E-state index contributed by atoms with van der Waals surface area (Å²) in [7, 11) is 0. The van der Waals surface area contributed by atoms with Gasteiger partial charge in [0.05, 0.1) is 0 Å². The highest BCUT2D eigenvalue weighted by atomic mass is 16.5. The van der Waals surface area contributed by atoms with Crippen molar-refractivity contribution in [3.8, 4) is 0 Å². The molecule has 2 heterocycles. The van der Waals surface area contributed by atoms with Crippen LogP contribution in [0.3, 0.4) is 0 Å². The number of rotatable bonds is 1. The summed E-state index contributed by atoms with van der Waals surface area (Å²) in [6, 6.07) is 0. The summed E-state index contributed by atoms with van der Waals surface area (Å²) in [4.78, 5) is 14.6. The molecule has 0 aromatic rings. The van der Waals surface area contributed by atoms with Crippen molar-refractivity contribution < 1.29 is 9.53 Å². The van der Waals surface area contributed by atoms with Crippen LogP contribution >= 0.6 is 0 Å². The van der Waals surface area contributed by atoms with E-state index in [1.54, 1.807) is 0 Å². The van der Waals surface area contributed by atoms with Crippen molar-refractivity contribution >= 4 is 5.91 Å². The van der Waals surface area contributed by atoms with Gasteiger partial charge in [-0.2, -0.15) is 0 Å². The standard InChI is InChI=1S/C14H23NO2/c16-13(12-3-1-9-17-10-4-12)15-8-7-14(11-15)5-2-6-14/h12H,1-11H2. The van der Waals surface area contributed by atoms with Crippen LogP contribution in [-0.2, 0) is 9.53 Å². The van der Waals surface area contributed by atoms with E-state index in [9.17, 15) is 4.79 Å². The van der Waals surface area contributed by atoms with E-state index in [1.165, 1.54) is 25.7 Å². The lowest BCUT2D eigenvalue weighted by Crippen LogP contribution is -2.38. The van der Waals surface area contributed by atoms with Gasteiger partial charge in [0.1, 0.15) is 0 Å². The van der Waals surface area contributed by atoms with Crippen molar-refractivity contribution in [3.05, 3.63) is 0 Å². The molecule has 1 unspecified atom stereocenters. The van der Waals surface area contributed by atoms with Crippen molar-refractivity contribution in [3.63, 3.8) is 0 Å². The topological polar surface area (TPSA) is 29.5 Å². The summed E-state index contributed by atoms with van der Waals surface area (Å²) in [6.07, 6.45) is 8.34. The molecule has 2 aliphatic heterocycles. The molecule has 1 atom stereocenters. The normalized spacial score (nSPS) is 32.2. The zero-order valence-corrected chi connectivity index (χ0v) is 10.6. The van der Waals surface area contributed by atoms with Crippen LogP contribution in [0.5, 0.6) is 0 Å². The van der Waals surface area contributed by atoms with Gasteiger partial charge in [-0.05, 0) is 43.9 Å². The minimum absolute atomic E-state index is 0.243. The van der Waals surface area contributed by atoms with E-state index >= 15 is 0 Å². The second-order valence-electron chi connectivity index (χ2n) is 6.10. The fourth-order valence-electron chi connectivity index (χ4n) is 3.62. The first-order chi connectivity index (χ1) is 8.29. The number of hydrogen-bond donors (Lipinski definition) is 0. The lowest BCUT2D eigenvalue weighted by atomic mass is 9.68. The lowest BCUT2D eigenvalue weighted by Gasteiger charge is -2.38. The van der Waals surface area contributed by atoms with E-state index in [4.69, 9.17) is 4.74 Å². The molecule has 2 saturated heterocycles. The summed E-state index contributed by atoms with van der Waals surface area (Å²) in [6.45, 7) is 3.67. The predicted molar refractivity (Wildman–Crippen MR) is 65.6 cm³/mol. The summed E-state index contributed by atoms with van der Waals surface area (Å²) in [5.74, 6) is 0.659. The maximum absolute atomic E-state index is 12.5. The zero-order valence-electron chi connectivity index (χ0n) is 10.6. The first kappa shape index (κ1) is 11.5. The van der Waals surface area contributed by atoms with Crippen molar-refractivity contribution in [2.24, 2.45) is 11.3 Å². The number of carbonyl (C=O) groups excluding carboxylic acids is 1. The molecule has 3 aliphatic rings. The maximum atomic E-state index is 12.5. The molecule has 1 spiro atoms. The highest BCUT2D eigenvalue weighted by molar-refractivity contribution is 5.79. The third kappa shape index (κ3) is 2.22. The van der Waals surface area contributed by atoms with Gasteiger partial charge in [-0.15, -0.1) is 0 Å². The van der Waals surface area contributed by atoms with Crippen LogP contribution in [0, 0.1) is 11.3 Å². The maximum Gasteiger partial charge on any atom is 0.225 e. The average Bonchev–Trinajstić information content (AvgIpc) is 2.58. The lowest BCUT2D eigenvalue weighted by molar-refractivity contribution is -0.135. The Balaban J connectivity index is 1.58. The zero-order chi connectivity index (χ0) is 11.7. The quantitative estimate of drug-likeness (QED) is 0.699. The Morgan fingerprint density at radius 3 is 2.71 bits per heavy atom. The highest BCUT2D eigenvalue weighted by Crippen LogP contribution is 2.48.